The zero-order valence-corrected chi connectivity index (χ0v) is 14.0. The first-order valence-electron chi connectivity index (χ1n) is 7.87. The molecule has 0 amide bonds. The SMILES string of the molecule is COc1cccc(-c2ccc(-c3ccccc3OC)cc2CN)c1. The van der Waals surface area contributed by atoms with Crippen molar-refractivity contribution < 1.29 is 9.47 Å². The Morgan fingerprint density at radius 1 is 0.750 bits per heavy atom. The number of ether oxygens (including phenoxy) is 2. The zero-order valence-electron chi connectivity index (χ0n) is 14.0. The standard InChI is InChI=1S/C21H21NO2/c1-23-18-7-5-6-15(13-18)19-11-10-16(12-17(19)14-22)20-8-3-4-9-21(20)24-2/h3-13H,14,22H2,1-2H3. The molecule has 0 spiro atoms. The molecule has 3 rings (SSSR count). The van der Waals surface area contributed by atoms with Crippen molar-refractivity contribution in [3.05, 3.63) is 72.3 Å². The van der Waals surface area contributed by atoms with E-state index in [9.17, 15) is 0 Å². The number of para-hydroxylation sites is 1. The molecule has 0 aliphatic rings. The molecular formula is C21H21NO2. The summed E-state index contributed by atoms with van der Waals surface area (Å²) in [6, 6.07) is 22.4. The Hall–Kier alpha value is -2.78. The average Bonchev–Trinajstić information content (AvgIpc) is 2.67. The molecule has 0 saturated heterocycles. The molecule has 3 heteroatoms. The summed E-state index contributed by atoms with van der Waals surface area (Å²) in [5, 5.41) is 0. The lowest BCUT2D eigenvalue weighted by Crippen LogP contribution is -2.00. The van der Waals surface area contributed by atoms with Crippen LogP contribution in [-0.2, 0) is 6.54 Å². The maximum atomic E-state index is 6.01. The van der Waals surface area contributed by atoms with E-state index in [4.69, 9.17) is 15.2 Å². The van der Waals surface area contributed by atoms with Gasteiger partial charge in [0.1, 0.15) is 11.5 Å². The molecule has 0 atom stereocenters. The summed E-state index contributed by atoms with van der Waals surface area (Å²) in [4.78, 5) is 0. The largest absolute Gasteiger partial charge is 0.497 e. The number of hydrogen-bond acceptors (Lipinski definition) is 3. The fourth-order valence-corrected chi connectivity index (χ4v) is 2.89. The quantitative estimate of drug-likeness (QED) is 0.753. The van der Waals surface area contributed by atoms with Gasteiger partial charge in [-0.1, -0.05) is 42.5 Å². The maximum Gasteiger partial charge on any atom is 0.126 e. The maximum absolute atomic E-state index is 6.01. The Morgan fingerprint density at radius 2 is 1.54 bits per heavy atom. The highest BCUT2D eigenvalue weighted by Crippen LogP contribution is 2.34. The molecule has 0 heterocycles. The van der Waals surface area contributed by atoms with Gasteiger partial charge in [0, 0.05) is 12.1 Å². The lowest BCUT2D eigenvalue weighted by Gasteiger charge is -2.13. The normalized spacial score (nSPS) is 10.5. The number of rotatable bonds is 5. The van der Waals surface area contributed by atoms with Crippen molar-refractivity contribution >= 4 is 0 Å². The van der Waals surface area contributed by atoms with Gasteiger partial charge in [-0.2, -0.15) is 0 Å². The van der Waals surface area contributed by atoms with Gasteiger partial charge in [-0.3, -0.25) is 0 Å². The van der Waals surface area contributed by atoms with Crippen LogP contribution in [0.15, 0.2) is 66.7 Å². The van der Waals surface area contributed by atoms with Gasteiger partial charge in [0.15, 0.2) is 0 Å². The van der Waals surface area contributed by atoms with Gasteiger partial charge in [-0.05, 0) is 46.5 Å². The van der Waals surface area contributed by atoms with Crippen LogP contribution in [0.4, 0.5) is 0 Å². The van der Waals surface area contributed by atoms with Crippen LogP contribution in [0.3, 0.4) is 0 Å². The minimum atomic E-state index is 0.468. The third-order valence-corrected chi connectivity index (χ3v) is 4.12. The first-order valence-corrected chi connectivity index (χ1v) is 7.87. The predicted octanol–water partition coefficient (Wildman–Crippen LogP) is 4.50. The lowest BCUT2D eigenvalue weighted by atomic mass is 9.94. The molecule has 0 aliphatic carbocycles. The van der Waals surface area contributed by atoms with Gasteiger partial charge in [0.2, 0.25) is 0 Å². The Balaban J connectivity index is 2.08. The number of hydrogen-bond donors (Lipinski definition) is 1. The van der Waals surface area contributed by atoms with Crippen LogP contribution in [0.1, 0.15) is 5.56 Å². The van der Waals surface area contributed by atoms with Crippen molar-refractivity contribution in [2.45, 2.75) is 6.54 Å². The van der Waals surface area contributed by atoms with E-state index < -0.39 is 0 Å². The van der Waals surface area contributed by atoms with Crippen LogP contribution >= 0.6 is 0 Å². The molecule has 3 aromatic rings. The molecule has 24 heavy (non-hydrogen) atoms. The fraction of sp³-hybridized carbons (Fsp3) is 0.143. The van der Waals surface area contributed by atoms with E-state index in [1.165, 1.54) is 0 Å². The highest BCUT2D eigenvalue weighted by molar-refractivity contribution is 5.77. The second-order valence-electron chi connectivity index (χ2n) is 5.51. The summed E-state index contributed by atoms with van der Waals surface area (Å²) in [5.74, 6) is 1.69. The van der Waals surface area contributed by atoms with Crippen LogP contribution in [0, 0.1) is 0 Å². The third kappa shape index (κ3) is 3.12. The van der Waals surface area contributed by atoms with Gasteiger partial charge in [-0.15, -0.1) is 0 Å². The van der Waals surface area contributed by atoms with E-state index in [2.05, 4.69) is 30.3 Å². The molecule has 3 nitrogen and oxygen atoms in total. The van der Waals surface area contributed by atoms with E-state index in [1.54, 1.807) is 14.2 Å². The summed E-state index contributed by atoms with van der Waals surface area (Å²) in [5.41, 5.74) is 11.5. The molecule has 0 fully saturated rings. The van der Waals surface area contributed by atoms with Crippen molar-refractivity contribution in [1.82, 2.24) is 0 Å². The van der Waals surface area contributed by atoms with E-state index in [0.717, 1.165) is 39.3 Å². The molecule has 0 saturated carbocycles. The van der Waals surface area contributed by atoms with Crippen LogP contribution in [0.5, 0.6) is 11.5 Å². The molecule has 0 aliphatic heterocycles. The third-order valence-electron chi connectivity index (χ3n) is 4.12. The molecule has 2 N–H and O–H groups in total. The van der Waals surface area contributed by atoms with Gasteiger partial charge in [-0.25, -0.2) is 0 Å². The second-order valence-corrected chi connectivity index (χ2v) is 5.51. The summed E-state index contributed by atoms with van der Waals surface area (Å²) < 4.78 is 10.8. The first kappa shape index (κ1) is 16.1. The van der Waals surface area contributed by atoms with Crippen LogP contribution < -0.4 is 15.2 Å². The Bertz CT molecular complexity index is 843. The molecule has 0 radical (unpaired) electrons. The van der Waals surface area contributed by atoms with Crippen molar-refractivity contribution in [2.75, 3.05) is 14.2 Å². The highest BCUT2D eigenvalue weighted by Gasteiger charge is 2.10. The Kier molecular flexibility index (Phi) is 4.82. The lowest BCUT2D eigenvalue weighted by molar-refractivity contribution is 0.415. The van der Waals surface area contributed by atoms with E-state index >= 15 is 0 Å². The fourth-order valence-electron chi connectivity index (χ4n) is 2.89. The van der Waals surface area contributed by atoms with Gasteiger partial charge in [0.25, 0.3) is 0 Å². The molecule has 0 bridgehead atoms. The van der Waals surface area contributed by atoms with Crippen molar-refractivity contribution in [1.29, 1.82) is 0 Å². The van der Waals surface area contributed by atoms with E-state index in [-0.39, 0.29) is 0 Å². The molecule has 122 valence electrons. The minimum absolute atomic E-state index is 0.468. The number of methoxy groups -OCH3 is 2. The Labute approximate surface area is 142 Å². The highest BCUT2D eigenvalue weighted by atomic mass is 16.5. The topological polar surface area (TPSA) is 44.5 Å². The summed E-state index contributed by atoms with van der Waals surface area (Å²) in [7, 11) is 3.36. The number of benzene rings is 3. The summed E-state index contributed by atoms with van der Waals surface area (Å²) in [6.45, 7) is 0.468. The zero-order chi connectivity index (χ0) is 16.9. The molecular weight excluding hydrogens is 298 g/mol. The second kappa shape index (κ2) is 7.20. The van der Waals surface area contributed by atoms with Crippen LogP contribution in [0.2, 0.25) is 0 Å². The van der Waals surface area contributed by atoms with Gasteiger partial charge in [0.05, 0.1) is 14.2 Å². The monoisotopic (exact) mass is 319 g/mol. The average molecular weight is 319 g/mol. The van der Waals surface area contributed by atoms with E-state index in [0.29, 0.717) is 6.54 Å². The smallest absolute Gasteiger partial charge is 0.126 e. The van der Waals surface area contributed by atoms with Crippen LogP contribution in [-0.4, -0.2) is 14.2 Å². The summed E-state index contributed by atoms with van der Waals surface area (Å²) >= 11 is 0. The van der Waals surface area contributed by atoms with Crippen molar-refractivity contribution in [3.63, 3.8) is 0 Å². The van der Waals surface area contributed by atoms with Crippen molar-refractivity contribution in [3.8, 4) is 33.8 Å². The Morgan fingerprint density at radius 3 is 2.29 bits per heavy atom. The number of nitrogens with two attached hydrogens (primary N) is 1. The first-order chi connectivity index (χ1) is 11.8. The predicted molar refractivity (Wildman–Crippen MR) is 98.3 cm³/mol. The molecule has 3 aromatic carbocycles. The summed E-state index contributed by atoms with van der Waals surface area (Å²) in [6.07, 6.45) is 0. The minimum Gasteiger partial charge on any atom is -0.497 e. The van der Waals surface area contributed by atoms with Crippen LogP contribution in [0.25, 0.3) is 22.3 Å². The molecule has 0 unspecified atom stereocenters. The van der Waals surface area contributed by atoms with Gasteiger partial charge < -0.3 is 15.2 Å². The van der Waals surface area contributed by atoms with Gasteiger partial charge >= 0.3 is 0 Å². The molecule has 0 aromatic heterocycles. The van der Waals surface area contributed by atoms with Crippen molar-refractivity contribution in [2.24, 2.45) is 5.73 Å². The van der Waals surface area contributed by atoms with E-state index in [1.807, 2.05) is 36.4 Å².